The van der Waals surface area contributed by atoms with Gasteiger partial charge < -0.3 is 10.6 Å². The second-order valence-corrected chi connectivity index (χ2v) is 5.95. The minimum Gasteiger partial charge on any atom is -0.325 e. The summed E-state index contributed by atoms with van der Waals surface area (Å²) < 4.78 is 12.8. The van der Waals surface area contributed by atoms with Crippen LogP contribution in [0.2, 0.25) is 0 Å². The summed E-state index contributed by atoms with van der Waals surface area (Å²) in [6.45, 7) is 1.97. The Labute approximate surface area is 138 Å². The summed E-state index contributed by atoms with van der Waals surface area (Å²) in [7, 11) is 0. The van der Waals surface area contributed by atoms with E-state index in [0.29, 0.717) is 5.69 Å². The molecule has 0 aromatic heterocycles. The van der Waals surface area contributed by atoms with Gasteiger partial charge >= 0.3 is 0 Å². The molecule has 0 aliphatic heterocycles. The van der Waals surface area contributed by atoms with Gasteiger partial charge in [-0.3, -0.25) is 9.59 Å². The Morgan fingerprint density at radius 2 is 1.30 bits per heavy atom. The standard InChI is InChI=1S/C17H17FN2O2S/c1-12-2-6-14(7-3-12)19-16(21)10-23-11-17(22)20-15-8-4-13(18)5-9-15/h2-9H,10-11H2,1H3,(H,19,21)(H,20,22). The summed E-state index contributed by atoms with van der Waals surface area (Å²) >= 11 is 1.22. The molecular formula is C17H17FN2O2S. The van der Waals surface area contributed by atoms with Crippen LogP contribution >= 0.6 is 11.8 Å². The fourth-order valence-corrected chi connectivity index (χ4v) is 2.42. The highest BCUT2D eigenvalue weighted by Gasteiger charge is 2.06. The maximum absolute atomic E-state index is 12.8. The molecule has 0 atom stereocenters. The highest BCUT2D eigenvalue weighted by molar-refractivity contribution is 8.00. The van der Waals surface area contributed by atoms with E-state index in [1.807, 2.05) is 31.2 Å². The van der Waals surface area contributed by atoms with Gasteiger partial charge in [-0.1, -0.05) is 17.7 Å². The zero-order chi connectivity index (χ0) is 16.7. The second-order valence-electron chi connectivity index (χ2n) is 4.96. The minimum atomic E-state index is -0.356. The summed E-state index contributed by atoms with van der Waals surface area (Å²) in [6, 6.07) is 13.0. The third kappa shape index (κ3) is 6.12. The molecule has 2 N–H and O–H groups in total. The van der Waals surface area contributed by atoms with Crippen molar-refractivity contribution in [3.63, 3.8) is 0 Å². The largest absolute Gasteiger partial charge is 0.325 e. The van der Waals surface area contributed by atoms with Crippen molar-refractivity contribution in [1.29, 1.82) is 0 Å². The van der Waals surface area contributed by atoms with Crippen LogP contribution in [-0.4, -0.2) is 23.3 Å². The highest BCUT2D eigenvalue weighted by atomic mass is 32.2. The van der Waals surface area contributed by atoms with Gasteiger partial charge in [0.1, 0.15) is 5.82 Å². The predicted molar refractivity (Wildman–Crippen MR) is 92.2 cm³/mol. The number of aryl methyl sites for hydroxylation is 1. The fourth-order valence-electron chi connectivity index (χ4n) is 1.80. The summed E-state index contributed by atoms with van der Waals surface area (Å²) in [5, 5.41) is 5.41. The van der Waals surface area contributed by atoms with Crippen molar-refractivity contribution in [1.82, 2.24) is 0 Å². The maximum Gasteiger partial charge on any atom is 0.234 e. The van der Waals surface area contributed by atoms with Gasteiger partial charge in [-0.05, 0) is 43.3 Å². The topological polar surface area (TPSA) is 58.2 Å². The molecule has 0 radical (unpaired) electrons. The lowest BCUT2D eigenvalue weighted by Gasteiger charge is -2.06. The monoisotopic (exact) mass is 332 g/mol. The quantitative estimate of drug-likeness (QED) is 0.852. The zero-order valence-corrected chi connectivity index (χ0v) is 13.5. The summed E-state index contributed by atoms with van der Waals surface area (Å²) in [5.74, 6) is -0.410. The molecule has 120 valence electrons. The van der Waals surface area contributed by atoms with Crippen LogP contribution in [0.3, 0.4) is 0 Å². The SMILES string of the molecule is Cc1ccc(NC(=O)CSCC(=O)Nc2ccc(F)cc2)cc1. The maximum atomic E-state index is 12.8. The van der Waals surface area contributed by atoms with Crippen molar-refractivity contribution in [2.24, 2.45) is 0 Å². The Hall–Kier alpha value is -2.34. The normalized spacial score (nSPS) is 10.2. The molecule has 0 spiro atoms. The van der Waals surface area contributed by atoms with Crippen LogP contribution in [-0.2, 0) is 9.59 Å². The van der Waals surface area contributed by atoms with Crippen LogP contribution < -0.4 is 10.6 Å². The van der Waals surface area contributed by atoms with Crippen LogP contribution in [0.15, 0.2) is 48.5 Å². The molecule has 0 saturated carbocycles. The van der Waals surface area contributed by atoms with Gasteiger partial charge in [0.05, 0.1) is 11.5 Å². The third-order valence-corrected chi connectivity index (χ3v) is 3.86. The first-order valence-corrected chi connectivity index (χ1v) is 8.18. The van der Waals surface area contributed by atoms with E-state index in [1.165, 1.54) is 36.0 Å². The molecule has 0 unspecified atom stereocenters. The highest BCUT2D eigenvalue weighted by Crippen LogP contribution is 2.11. The molecule has 0 fully saturated rings. The van der Waals surface area contributed by atoms with Crippen LogP contribution in [0.4, 0.5) is 15.8 Å². The average Bonchev–Trinajstić information content (AvgIpc) is 2.52. The lowest BCUT2D eigenvalue weighted by atomic mass is 10.2. The number of carbonyl (C=O) groups excluding carboxylic acids is 2. The predicted octanol–water partition coefficient (Wildman–Crippen LogP) is 3.44. The molecule has 0 saturated heterocycles. The summed E-state index contributed by atoms with van der Waals surface area (Å²) in [5.41, 5.74) is 2.38. The molecule has 0 heterocycles. The molecule has 23 heavy (non-hydrogen) atoms. The Balaban J connectivity index is 1.69. The number of rotatable bonds is 6. The molecule has 4 nitrogen and oxygen atoms in total. The molecule has 0 aliphatic rings. The van der Waals surface area contributed by atoms with E-state index in [9.17, 15) is 14.0 Å². The Bertz CT molecular complexity index is 612. The van der Waals surface area contributed by atoms with Gasteiger partial charge in [-0.2, -0.15) is 0 Å². The van der Waals surface area contributed by atoms with Crippen molar-refractivity contribution in [3.8, 4) is 0 Å². The van der Waals surface area contributed by atoms with E-state index in [0.717, 1.165) is 11.3 Å². The van der Waals surface area contributed by atoms with Crippen molar-refractivity contribution < 1.29 is 14.0 Å². The summed E-state index contributed by atoms with van der Waals surface area (Å²) in [4.78, 5) is 23.5. The Kier molecular flexibility index (Phi) is 6.17. The number of amides is 2. The molecular weight excluding hydrogens is 315 g/mol. The molecule has 6 heteroatoms. The van der Waals surface area contributed by atoms with E-state index in [1.54, 1.807) is 0 Å². The van der Waals surface area contributed by atoms with E-state index in [2.05, 4.69) is 10.6 Å². The van der Waals surface area contributed by atoms with E-state index >= 15 is 0 Å². The number of thioether (sulfide) groups is 1. The lowest BCUT2D eigenvalue weighted by Crippen LogP contribution is -2.18. The van der Waals surface area contributed by atoms with Gasteiger partial charge in [0.25, 0.3) is 0 Å². The van der Waals surface area contributed by atoms with E-state index in [4.69, 9.17) is 0 Å². The number of benzene rings is 2. The molecule has 2 aromatic rings. The molecule has 2 aromatic carbocycles. The fraction of sp³-hybridized carbons (Fsp3) is 0.176. The van der Waals surface area contributed by atoms with E-state index in [-0.39, 0.29) is 29.1 Å². The first-order valence-electron chi connectivity index (χ1n) is 7.02. The van der Waals surface area contributed by atoms with Crippen molar-refractivity contribution >= 4 is 35.0 Å². The Morgan fingerprint density at radius 1 is 0.870 bits per heavy atom. The number of halogens is 1. The first kappa shape index (κ1) is 17.0. The number of anilines is 2. The van der Waals surface area contributed by atoms with Gasteiger partial charge in [0, 0.05) is 11.4 Å². The molecule has 2 amide bonds. The van der Waals surface area contributed by atoms with Crippen LogP contribution in [0.1, 0.15) is 5.56 Å². The average molecular weight is 332 g/mol. The number of carbonyl (C=O) groups is 2. The van der Waals surface area contributed by atoms with Gasteiger partial charge in [0.15, 0.2) is 0 Å². The zero-order valence-electron chi connectivity index (χ0n) is 12.6. The van der Waals surface area contributed by atoms with Crippen molar-refractivity contribution in [2.75, 3.05) is 22.1 Å². The number of hydrogen-bond acceptors (Lipinski definition) is 3. The Morgan fingerprint density at radius 3 is 1.78 bits per heavy atom. The third-order valence-electron chi connectivity index (χ3n) is 2.93. The van der Waals surface area contributed by atoms with Gasteiger partial charge in [0.2, 0.25) is 11.8 Å². The molecule has 2 rings (SSSR count). The first-order chi connectivity index (χ1) is 11.0. The molecule has 0 bridgehead atoms. The number of hydrogen-bond donors (Lipinski definition) is 2. The van der Waals surface area contributed by atoms with Gasteiger partial charge in [-0.25, -0.2) is 4.39 Å². The lowest BCUT2D eigenvalue weighted by molar-refractivity contribution is -0.114. The van der Waals surface area contributed by atoms with Crippen molar-refractivity contribution in [3.05, 3.63) is 59.9 Å². The van der Waals surface area contributed by atoms with Crippen LogP contribution in [0.5, 0.6) is 0 Å². The van der Waals surface area contributed by atoms with Gasteiger partial charge in [-0.15, -0.1) is 11.8 Å². The van der Waals surface area contributed by atoms with E-state index < -0.39 is 0 Å². The van der Waals surface area contributed by atoms with Crippen molar-refractivity contribution in [2.45, 2.75) is 6.92 Å². The van der Waals surface area contributed by atoms with Crippen LogP contribution in [0, 0.1) is 12.7 Å². The smallest absolute Gasteiger partial charge is 0.234 e. The number of nitrogens with one attached hydrogen (secondary N) is 2. The second kappa shape index (κ2) is 8.33. The minimum absolute atomic E-state index is 0.151. The molecule has 0 aliphatic carbocycles. The summed E-state index contributed by atoms with van der Waals surface area (Å²) in [6.07, 6.45) is 0. The van der Waals surface area contributed by atoms with Crippen LogP contribution in [0.25, 0.3) is 0 Å².